The van der Waals surface area contributed by atoms with Gasteiger partial charge in [-0.3, -0.25) is 0 Å². The molecule has 1 saturated heterocycles. The Morgan fingerprint density at radius 3 is 1.20 bits per heavy atom. The van der Waals surface area contributed by atoms with E-state index < -0.39 is 66.8 Å². The minimum absolute atomic E-state index is 0.189. The lowest BCUT2D eigenvalue weighted by Crippen LogP contribution is -2.36. The van der Waals surface area contributed by atoms with E-state index in [-0.39, 0.29) is 9.79 Å². The summed E-state index contributed by atoms with van der Waals surface area (Å²) in [4.78, 5) is 69.9. The molecule has 1 fully saturated rings. The monoisotopic (exact) mass is 434 g/mol. The van der Waals surface area contributed by atoms with Crippen molar-refractivity contribution >= 4 is 44.5 Å². The average Bonchev–Trinajstić information content (AvgIpc) is 2.67. The van der Waals surface area contributed by atoms with E-state index in [1.54, 1.807) is 0 Å². The largest absolute Gasteiger partial charge is 0.478 e. The van der Waals surface area contributed by atoms with Gasteiger partial charge >= 0.3 is 34.5 Å². The van der Waals surface area contributed by atoms with E-state index in [1.807, 2.05) is 0 Å². The lowest BCUT2D eigenvalue weighted by Gasteiger charge is -2.41. The fraction of sp³-hybridized carbons (Fsp3) is 0. The van der Waals surface area contributed by atoms with Crippen molar-refractivity contribution in [2.75, 3.05) is 0 Å². The summed E-state index contributed by atoms with van der Waals surface area (Å²) >= 11 is 0. The molecule has 3 rings (SSSR count). The molecule has 12 heteroatoms. The Morgan fingerprint density at radius 1 is 0.600 bits per heavy atom. The maximum absolute atomic E-state index is 12.4. The molecule has 30 heavy (non-hydrogen) atoms. The molecule has 2 aromatic carbocycles. The fourth-order valence-electron chi connectivity index (χ4n) is 2.90. The molecule has 11 nitrogen and oxygen atoms in total. The second kappa shape index (κ2) is 7.00. The van der Waals surface area contributed by atoms with E-state index in [1.165, 1.54) is 0 Å². The number of hydrogen-bond donors (Lipinski definition) is 4. The van der Waals surface area contributed by atoms with Crippen molar-refractivity contribution in [2.24, 2.45) is 0 Å². The summed E-state index contributed by atoms with van der Waals surface area (Å²) in [7, 11) is -3.42. The van der Waals surface area contributed by atoms with Gasteiger partial charge in [-0.2, -0.15) is 0 Å². The topological polar surface area (TPSA) is 193 Å². The number of rotatable bonds is 6. The van der Waals surface area contributed by atoms with Crippen molar-refractivity contribution in [1.82, 2.24) is 0 Å². The number of carboxylic acids is 4. The summed E-state index contributed by atoms with van der Waals surface area (Å²) in [6.07, 6.45) is 0. The number of cyclic esters (lactones) is 2. The molecule has 0 bridgehead atoms. The van der Waals surface area contributed by atoms with Crippen LogP contribution in [0.15, 0.2) is 46.2 Å². The molecule has 0 amide bonds. The number of ether oxygens (including phenoxy) is 1. The highest BCUT2D eigenvalue weighted by molar-refractivity contribution is 8.57. The maximum atomic E-state index is 12.4. The van der Waals surface area contributed by atoms with Crippen LogP contribution in [0.4, 0.5) is 9.59 Å². The molecule has 154 valence electrons. The summed E-state index contributed by atoms with van der Waals surface area (Å²) in [5.74, 6) is -6.36. The second-order valence-electron chi connectivity index (χ2n) is 5.85. The predicted molar refractivity (Wildman–Crippen MR) is 96.7 cm³/mol. The zero-order valence-electron chi connectivity index (χ0n) is 14.5. The van der Waals surface area contributed by atoms with Gasteiger partial charge in [-0.1, -0.05) is 0 Å². The van der Waals surface area contributed by atoms with Crippen LogP contribution in [0.1, 0.15) is 41.4 Å². The summed E-state index contributed by atoms with van der Waals surface area (Å²) in [5, 5.41) is 34.8. The summed E-state index contributed by atoms with van der Waals surface area (Å²) < 4.78 is 4.45. The van der Waals surface area contributed by atoms with Gasteiger partial charge in [0.25, 0.3) is 0 Å². The Balaban J connectivity index is 2.32. The van der Waals surface area contributed by atoms with Gasteiger partial charge in [0.2, 0.25) is 0 Å². The second-order valence-corrected chi connectivity index (χ2v) is 8.68. The SMILES string of the molecule is O=C(O)c1ccc(S2(c3ccc(C(=O)O)c(C(=O)O)c3)C(=O)OC2=O)cc1C(=O)O. The van der Waals surface area contributed by atoms with E-state index in [0.717, 1.165) is 36.4 Å². The minimum atomic E-state index is -3.42. The molecule has 0 atom stereocenters. The number of benzene rings is 2. The van der Waals surface area contributed by atoms with Gasteiger partial charge < -0.3 is 25.2 Å². The molecular formula is C18H10O11S. The van der Waals surface area contributed by atoms with Gasteiger partial charge in [0, 0.05) is 19.8 Å². The third kappa shape index (κ3) is 2.86. The van der Waals surface area contributed by atoms with E-state index in [0.29, 0.717) is 0 Å². The summed E-state index contributed by atoms with van der Waals surface area (Å²) in [6, 6.07) is 5.61. The van der Waals surface area contributed by atoms with Crippen molar-refractivity contribution in [1.29, 1.82) is 0 Å². The number of carbonyl (C=O) groups is 6. The van der Waals surface area contributed by atoms with Crippen LogP contribution in [0.5, 0.6) is 0 Å². The van der Waals surface area contributed by atoms with Crippen LogP contribution in [0.25, 0.3) is 0 Å². The van der Waals surface area contributed by atoms with Gasteiger partial charge in [0.05, 0.1) is 22.3 Å². The zero-order chi connectivity index (χ0) is 22.4. The Kier molecular flexibility index (Phi) is 4.80. The van der Waals surface area contributed by atoms with Gasteiger partial charge in [-0.25, -0.2) is 28.8 Å². The van der Waals surface area contributed by atoms with Crippen molar-refractivity contribution < 1.29 is 53.9 Å². The molecule has 2 aromatic rings. The fourth-order valence-corrected chi connectivity index (χ4v) is 5.50. The van der Waals surface area contributed by atoms with Crippen LogP contribution in [0.3, 0.4) is 0 Å². The van der Waals surface area contributed by atoms with Crippen LogP contribution in [0.2, 0.25) is 0 Å². The van der Waals surface area contributed by atoms with Crippen LogP contribution in [-0.2, 0) is 4.74 Å². The number of aromatic carboxylic acids is 4. The highest BCUT2D eigenvalue weighted by Crippen LogP contribution is 2.70. The highest BCUT2D eigenvalue weighted by Gasteiger charge is 2.57. The van der Waals surface area contributed by atoms with Crippen molar-refractivity contribution in [3.8, 4) is 0 Å². The molecular weight excluding hydrogens is 424 g/mol. The predicted octanol–water partition coefficient (Wildman–Crippen LogP) is 2.97. The van der Waals surface area contributed by atoms with Crippen LogP contribution in [0, 0.1) is 0 Å². The Morgan fingerprint density at radius 2 is 0.933 bits per heavy atom. The first-order valence-corrected chi connectivity index (χ1v) is 9.45. The van der Waals surface area contributed by atoms with E-state index >= 15 is 0 Å². The molecule has 0 aromatic heterocycles. The van der Waals surface area contributed by atoms with Crippen molar-refractivity contribution in [3.05, 3.63) is 58.7 Å². The zero-order valence-corrected chi connectivity index (χ0v) is 15.3. The first kappa shape index (κ1) is 20.5. The van der Waals surface area contributed by atoms with Gasteiger partial charge in [0.1, 0.15) is 0 Å². The first-order valence-electron chi connectivity index (χ1n) is 7.82. The highest BCUT2D eigenvalue weighted by atomic mass is 32.3. The third-order valence-electron chi connectivity index (χ3n) is 4.28. The molecule has 4 N–H and O–H groups in total. The standard InChI is InChI=1S/C18H10O11S/c19-13(20)9-3-1-7(5-11(9)15(23)24)30(17(27)29-18(30)28)8-2-4-10(14(21)22)12(6-8)16(25)26/h1-6H,(H,19,20)(H,21,22)(H,23,24)(H,25,26). The first-order chi connectivity index (χ1) is 14.0. The van der Waals surface area contributed by atoms with Crippen molar-refractivity contribution in [2.45, 2.75) is 9.79 Å². The van der Waals surface area contributed by atoms with E-state index in [2.05, 4.69) is 4.74 Å². The van der Waals surface area contributed by atoms with E-state index in [9.17, 15) is 39.0 Å². The Bertz CT molecular complexity index is 1090. The molecule has 0 unspecified atom stereocenters. The molecule has 0 aliphatic carbocycles. The summed E-state index contributed by atoms with van der Waals surface area (Å²) in [5.41, 5.74) is -2.57. The van der Waals surface area contributed by atoms with Crippen LogP contribution in [-0.4, -0.2) is 54.9 Å². The minimum Gasteiger partial charge on any atom is -0.478 e. The lowest BCUT2D eigenvalue weighted by molar-refractivity contribution is 0.0651. The van der Waals surface area contributed by atoms with Crippen molar-refractivity contribution in [3.63, 3.8) is 0 Å². The van der Waals surface area contributed by atoms with Gasteiger partial charge in [-0.15, -0.1) is 0 Å². The molecule has 0 saturated carbocycles. The summed E-state index contributed by atoms with van der Waals surface area (Å²) in [6.45, 7) is 0. The molecule has 0 radical (unpaired) electrons. The molecule has 1 aliphatic rings. The molecule has 1 heterocycles. The average molecular weight is 434 g/mol. The normalized spacial score (nSPS) is 15.5. The Hall–Kier alpha value is -4.19. The van der Waals surface area contributed by atoms with Crippen LogP contribution >= 0.6 is 10.0 Å². The number of hydrogen-bond acceptors (Lipinski definition) is 7. The maximum Gasteiger partial charge on any atom is 0.376 e. The smallest absolute Gasteiger partial charge is 0.376 e. The van der Waals surface area contributed by atoms with Gasteiger partial charge in [-0.05, 0) is 36.4 Å². The number of carbonyl (C=O) groups excluding carboxylic acids is 2. The van der Waals surface area contributed by atoms with E-state index in [4.69, 9.17) is 10.2 Å². The van der Waals surface area contributed by atoms with Gasteiger partial charge in [0.15, 0.2) is 0 Å². The third-order valence-corrected chi connectivity index (χ3v) is 7.37. The Labute approximate surface area is 167 Å². The van der Waals surface area contributed by atoms with Crippen LogP contribution < -0.4 is 0 Å². The molecule has 0 spiro atoms. The lowest BCUT2D eigenvalue weighted by atomic mass is 10.1. The quantitative estimate of drug-likeness (QED) is 0.386. The molecule has 1 aliphatic heterocycles. The number of carboxylic acid groups (broad SMARTS) is 4.